The first-order valence-corrected chi connectivity index (χ1v) is 27.8. The Kier molecular flexibility index (Phi) is 12.4. The molecule has 9 heteroatoms. The molecule has 10 rings (SSSR count). The number of ketones is 2. The predicted octanol–water partition coefficient (Wildman–Crippen LogP) is 12.8. The normalized spacial score (nSPS) is 52.8. The van der Waals surface area contributed by atoms with E-state index < -0.39 is 24.0 Å². The van der Waals surface area contributed by atoms with Gasteiger partial charge < -0.3 is 21.1 Å². The summed E-state index contributed by atoms with van der Waals surface area (Å²) in [6, 6.07) is 0. The third-order valence-electron chi connectivity index (χ3n) is 26.2. The summed E-state index contributed by atoms with van der Waals surface area (Å²) in [5.74, 6) is 0.773. The van der Waals surface area contributed by atoms with Crippen LogP contribution in [0.5, 0.6) is 0 Å². The van der Waals surface area contributed by atoms with Gasteiger partial charge in [0.15, 0.2) is 11.6 Å². The number of aliphatic carboxylic acids is 1. The van der Waals surface area contributed by atoms with Crippen molar-refractivity contribution in [2.45, 2.75) is 225 Å². The number of aliphatic hydroxyl groups excluding tert-OH is 2. The molecule has 18 atom stereocenters. The lowest BCUT2D eigenvalue weighted by molar-refractivity contribution is -0.202. The van der Waals surface area contributed by atoms with E-state index in [4.69, 9.17) is 7.10 Å². The van der Waals surface area contributed by atoms with Crippen molar-refractivity contribution in [2.75, 3.05) is 7.15 Å². The van der Waals surface area contributed by atoms with Crippen molar-refractivity contribution in [1.82, 2.24) is 0 Å². The fourth-order valence-corrected chi connectivity index (χ4v) is 20.8. The highest BCUT2D eigenvalue weighted by molar-refractivity contribution is 5.96. The van der Waals surface area contributed by atoms with Gasteiger partial charge in [0.2, 0.25) is 5.91 Å². The molecule has 8 fully saturated rings. The maximum atomic E-state index is 14.2. The highest BCUT2D eigenvalue weighted by Gasteiger charge is 2.72. The minimum absolute atomic E-state index is 0.00487. The molecule has 0 aromatic rings. The molecule has 10 aliphatic carbocycles. The number of halogens is 1. The zero-order valence-corrected chi connectivity index (χ0v) is 46.1. The quantitative estimate of drug-likeness (QED) is 0.215. The smallest absolute Gasteiger partial charge is 0.309 e. The summed E-state index contributed by atoms with van der Waals surface area (Å²) in [7, 11) is -1.00. The lowest BCUT2D eigenvalue weighted by Crippen LogP contribution is -2.66. The van der Waals surface area contributed by atoms with E-state index in [2.05, 4.69) is 89.2 Å². The number of amides is 1. The molecule has 394 valence electrons. The molecule has 0 aromatic heterocycles. The van der Waals surface area contributed by atoms with E-state index in [1.54, 1.807) is 0 Å². The number of hydrogen-bond acceptors (Lipinski definition) is 6. The van der Waals surface area contributed by atoms with Gasteiger partial charge in [-0.15, -0.1) is 0 Å². The van der Waals surface area contributed by atoms with Crippen molar-refractivity contribution in [2.24, 2.45) is 106 Å². The van der Waals surface area contributed by atoms with Crippen molar-refractivity contribution in [3.05, 3.63) is 23.3 Å². The zero-order chi connectivity index (χ0) is 52.9. The summed E-state index contributed by atoms with van der Waals surface area (Å²) in [5.41, 5.74) is 6.63. The third kappa shape index (κ3) is 7.01. The van der Waals surface area contributed by atoms with Crippen LogP contribution in [0, 0.1) is 100 Å². The molecule has 0 aliphatic heterocycles. The first kappa shape index (κ1) is 52.5. The van der Waals surface area contributed by atoms with Gasteiger partial charge in [-0.2, -0.15) is 0 Å². The Morgan fingerprint density at radius 2 is 0.900 bits per heavy atom. The summed E-state index contributed by atoms with van der Waals surface area (Å²) in [4.78, 5) is 53.1. The molecular weight excluding hydrogens is 878 g/mol. The average molecular weight is 975 g/mol. The number of carboxylic acid groups (broad SMARTS) is 1. The second-order valence-electron chi connectivity index (χ2n) is 29.9. The minimum atomic E-state index is -1.00. The number of rotatable bonds is 2. The van der Waals surface area contributed by atoms with Crippen LogP contribution in [0.15, 0.2) is 23.3 Å². The number of nitrogens with two attached hydrogens (primary N) is 1. The van der Waals surface area contributed by atoms with Crippen LogP contribution in [-0.2, 0) is 19.2 Å². The predicted molar refractivity (Wildman–Crippen MR) is 275 cm³/mol. The largest absolute Gasteiger partial charge is 0.481 e. The molecule has 0 unspecified atom stereocenters. The number of primary amides is 1. The number of fused-ring (bicyclic) bond motifs is 14. The Hall–Kier alpha value is -2.39. The molecule has 0 heterocycles. The fourth-order valence-electron chi connectivity index (χ4n) is 20.8. The van der Waals surface area contributed by atoms with Gasteiger partial charge in [-0.3, -0.25) is 23.6 Å². The number of hydrogen-bond donors (Lipinski definition) is 4. The molecular formula is C61H96FNO7. The van der Waals surface area contributed by atoms with Crippen LogP contribution < -0.4 is 5.73 Å². The first-order valence-electron chi connectivity index (χ1n) is 28.5. The average Bonchev–Trinajstić information content (AvgIpc) is 3.27. The molecule has 8 nitrogen and oxygen atoms in total. The Balaban J connectivity index is 0.000000181. The lowest BCUT2D eigenvalue weighted by atomic mass is 9.33. The molecule has 0 aromatic carbocycles. The van der Waals surface area contributed by atoms with Crippen LogP contribution in [-0.4, -0.2) is 58.1 Å². The van der Waals surface area contributed by atoms with E-state index in [9.17, 15) is 38.9 Å². The number of alkyl halides is 1. The summed E-state index contributed by atoms with van der Waals surface area (Å²) in [6.07, 6.45) is 20.4. The maximum absolute atomic E-state index is 14.2. The molecule has 5 N–H and O–H groups in total. The van der Waals surface area contributed by atoms with Crippen LogP contribution in [0.3, 0.4) is 0 Å². The Morgan fingerprint density at radius 3 is 1.26 bits per heavy atom. The Morgan fingerprint density at radius 1 is 0.557 bits per heavy atom. The fraction of sp³-hybridized carbons (Fsp3) is 0.869. The van der Waals surface area contributed by atoms with Crippen molar-refractivity contribution in [3.8, 4) is 0 Å². The second-order valence-corrected chi connectivity index (χ2v) is 29.9. The van der Waals surface area contributed by atoms with Crippen LogP contribution in [0.4, 0.5) is 4.39 Å². The third-order valence-corrected chi connectivity index (χ3v) is 26.2. The van der Waals surface area contributed by atoms with Crippen molar-refractivity contribution >= 4 is 23.4 Å². The highest BCUT2D eigenvalue weighted by Crippen LogP contribution is 2.77. The number of carbonyl (C=O) groups is 4. The Bertz CT molecular complexity index is 2120. The van der Waals surface area contributed by atoms with E-state index in [0.29, 0.717) is 24.0 Å². The van der Waals surface area contributed by atoms with Crippen molar-refractivity contribution in [1.29, 1.82) is 0 Å². The SMILES string of the molecule is CC1(C)[C@@H](O)CC[C@]2(C)[C@H]3C(=O)C=C4[C@@H]5C[C@@](C)(C(=O)O)CC[C@]5(C)CC[C@@]4(C)[C@]3(C)CC[C@@H]12.CC1(C)[C@@H](O)CC[C@]2(C)[C@H]3C(=O)C=C4[C@@H]5C[C@@](C)(C(N)=O)CC[C@]5(C)CC[C@@]4(C)[C@]3(C)CC[C@@H]12.[2H]CF. The van der Waals surface area contributed by atoms with Gasteiger partial charge >= 0.3 is 5.97 Å². The molecule has 8 saturated carbocycles. The molecule has 0 radical (unpaired) electrons. The number of carboxylic acids is 1. The van der Waals surface area contributed by atoms with Crippen LogP contribution >= 0.6 is 0 Å². The summed E-state index contributed by atoms with van der Waals surface area (Å²) < 4.78 is 15.5. The second kappa shape index (κ2) is 16.6. The van der Waals surface area contributed by atoms with Crippen molar-refractivity contribution < 1.29 is 40.3 Å². The highest BCUT2D eigenvalue weighted by atomic mass is 19.1. The van der Waals surface area contributed by atoms with Gasteiger partial charge in [0.05, 0.1) is 26.1 Å². The summed E-state index contributed by atoms with van der Waals surface area (Å²) >= 11 is 0. The van der Waals surface area contributed by atoms with Gasteiger partial charge in [0, 0.05) is 17.3 Å². The minimum Gasteiger partial charge on any atom is -0.481 e. The lowest BCUT2D eigenvalue weighted by Gasteiger charge is -2.70. The molecule has 0 bridgehead atoms. The zero-order valence-electron chi connectivity index (χ0n) is 47.1. The van der Waals surface area contributed by atoms with E-state index >= 15 is 0 Å². The number of aliphatic hydroxyl groups is 2. The summed E-state index contributed by atoms with van der Waals surface area (Å²) in [6.45, 7) is 31.9. The van der Waals surface area contributed by atoms with Crippen LogP contribution in [0.2, 0.25) is 0 Å². The van der Waals surface area contributed by atoms with E-state index in [-0.39, 0.29) is 102 Å². The molecule has 0 saturated heterocycles. The van der Waals surface area contributed by atoms with Gasteiger partial charge in [-0.25, -0.2) is 0 Å². The molecule has 1 amide bonds. The molecule has 70 heavy (non-hydrogen) atoms. The van der Waals surface area contributed by atoms with Gasteiger partial charge in [-0.1, -0.05) is 101 Å². The number of allylic oxidation sites excluding steroid dienone is 4. The van der Waals surface area contributed by atoms with E-state index in [1.165, 1.54) is 11.1 Å². The first-order chi connectivity index (χ1) is 32.5. The van der Waals surface area contributed by atoms with Gasteiger partial charge in [0.1, 0.15) is 0 Å². The molecule has 0 spiro atoms. The van der Waals surface area contributed by atoms with E-state index in [0.717, 1.165) is 109 Å². The summed E-state index contributed by atoms with van der Waals surface area (Å²) in [5, 5.41) is 31.8. The van der Waals surface area contributed by atoms with Gasteiger partial charge in [0.25, 0.3) is 0 Å². The number of carbonyl (C=O) groups excluding carboxylic acids is 3. The van der Waals surface area contributed by atoms with Crippen LogP contribution in [0.1, 0.15) is 214 Å². The standard InChI is InChI=1S/C30H47NO3.C30H46O4.CH3F/c1-25(2)21-8-11-30(7)23(28(21,5)10-9-22(25)33)20(32)16-18-19-17-27(4,24(31)34)13-12-26(19,3)14-15-29(18,30)6;1-25(2)21-8-11-30(7)23(28(21,5)10-9-22(25)32)20(31)16-18-19-17-27(4,24(33)34)13-12-26(19,3)14-15-29(18,30)6;1-2/h16,19,21-23,33H,8-15,17H2,1-7H3,(H2,31,34);16,19,21-23,32H,8-15,17H2,1-7H3,(H,33,34);1H3/t2*19-,21-,22-,23+,26+,27-,28-,29+,30+;/m00./s1/i;;1D. The molecule has 10 aliphatic rings. The van der Waals surface area contributed by atoms with E-state index in [1.807, 2.05) is 19.9 Å². The van der Waals surface area contributed by atoms with Crippen molar-refractivity contribution in [3.63, 3.8) is 0 Å². The topological polar surface area (TPSA) is 155 Å². The maximum Gasteiger partial charge on any atom is 0.309 e. The monoisotopic (exact) mass is 975 g/mol. The van der Waals surface area contributed by atoms with Gasteiger partial charge in [-0.05, 0) is 212 Å². The van der Waals surface area contributed by atoms with Crippen LogP contribution in [0.25, 0.3) is 0 Å². The Labute approximate surface area is 423 Å².